The highest BCUT2D eigenvalue weighted by atomic mass is 16.5. The van der Waals surface area contributed by atoms with E-state index in [1.165, 1.54) is 11.7 Å². The van der Waals surface area contributed by atoms with Gasteiger partial charge in [0.1, 0.15) is 5.75 Å². The first kappa shape index (κ1) is 16.5. The van der Waals surface area contributed by atoms with Crippen LogP contribution < -0.4 is 15.4 Å². The second-order valence-electron chi connectivity index (χ2n) is 5.49. The molecule has 3 aromatic rings. The summed E-state index contributed by atoms with van der Waals surface area (Å²) >= 11 is 0. The molecule has 0 atom stereocenters. The lowest BCUT2D eigenvalue weighted by molar-refractivity contribution is -0.118. The molecule has 0 unspecified atom stereocenters. The molecule has 1 aromatic heterocycles. The lowest BCUT2D eigenvalue weighted by Gasteiger charge is -2.08. The summed E-state index contributed by atoms with van der Waals surface area (Å²) in [6.07, 6.45) is 1.57. The normalized spacial score (nSPS) is 10.5. The van der Waals surface area contributed by atoms with Crippen molar-refractivity contribution in [2.75, 3.05) is 19.0 Å². The summed E-state index contributed by atoms with van der Waals surface area (Å²) in [5, 5.41) is 11.3. The molecule has 7 heteroatoms. The van der Waals surface area contributed by atoms with E-state index in [1.807, 2.05) is 42.5 Å². The lowest BCUT2D eigenvalue weighted by atomic mass is 10.1. The van der Waals surface area contributed by atoms with E-state index in [9.17, 15) is 9.59 Å². The van der Waals surface area contributed by atoms with Gasteiger partial charge in [0.05, 0.1) is 5.69 Å². The fourth-order valence-electron chi connectivity index (χ4n) is 2.46. The van der Waals surface area contributed by atoms with Gasteiger partial charge in [-0.1, -0.05) is 30.3 Å². The Morgan fingerprint density at radius 3 is 2.68 bits per heavy atom. The largest absolute Gasteiger partial charge is 0.484 e. The van der Waals surface area contributed by atoms with Crippen LogP contribution in [-0.2, 0) is 11.8 Å². The van der Waals surface area contributed by atoms with E-state index in [2.05, 4.69) is 15.7 Å². The van der Waals surface area contributed by atoms with Gasteiger partial charge in [0.15, 0.2) is 12.3 Å². The van der Waals surface area contributed by atoms with Gasteiger partial charge in [-0.05, 0) is 22.9 Å². The Balaban J connectivity index is 1.65. The van der Waals surface area contributed by atoms with Crippen LogP contribution in [0.2, 0.25) is 0 Å². The maximum atomic E-state index is 12.1. The van der Waals surface area contributed by atoms with Crippen molar-refractivity contribution in [1.29, 1.82) is 0 Å². The molecular weight excluding hydrogens is 320 g/mol. The van der Waals surface area contributed by atoms with E-state index >= 15 is 0 Å². The van der Waals surface area contributed by atoms with E-state index in [-0.39, 0.29) is 24.1 Å². The molecule has 0 saturated carbocycles. The number of nitrogens with one attached hydrogen (secondary N) is 2. The zero-order chi connectivity index (χ0) is 17.8. The summed E-state index contributed by atoms with van der Waals surface area (Å²) in [6.45, 7) is -0.166. The van der Waals surface area contributed by atoms with Crippen LogP contribution in [0.15, 0.2) is 48.7 Å². The molecule has 3 rings (SSSR count). The van der Waals surface area contributed by atoms with E-state index in [0.29, 0.717) is 11.4 Å². The quantitative estimate of drug-likeness (QED) is 0.745. The third-order valence-electron chi connectivity index (χ3n) is 3.64. The number of ether oxygens (including phenoxy) is 1. The molecule has 128 valence electrons. The third kappa shape index (κ3) is 3.77. The molecule has 1 heterocycles. The minimum absolute atomic E-state index is 0.157. The van der Waals surface area contributed by atoms with Gasteiger partial charge >= 0.3 is 0 Å². The minimum Gasteiger partial charge on any atom is -0.484 e. The smallest absolute Gasteiger partial charge is 0.273 e. The van der Waals surface area contributed by atoms with Crippen molar-refractivity contribution in [3.8, 4) is 5.75 Å². The fraction of sp³-hybridized carbons (Fsp3) is 0.167. The predicted octanol–water partition coefficient (Wildman–Crippen LogP) is 1.95. The van der Waals surface area contributed by atoms with E-state index in [4.69, 9.17) is 4.74 Å². The number of nitrogens with zero attached hydrogens (tertiary/aromatic N) is 2. The van der Waals surface area contributed by atoms with Gasteiger partial charge in [0.25, 0.3) is 11.8 Å². The molecule has 0 aliphatic rings. The molecule has 0 spiro atoms. The number of carbonyl (C=O) groups is 2. The second kappa shape index (κ2) is 7.04. The van der Waals surface area contributed by atoms with Crippen molar-refractivity contribution in [2.24, 2.45) is 7.05 Å². The molecule has 0 bridgehead atoms. The van der Waals surface area contributed by atoms with Crippen molar-refractivity contribution in [1.82, 2.24) is 15.1 Å². The van der Waals surface area contributed by atoms with Gasteiger partial charge in [0.2, 0.25) is 0 Å². The summed E-state index contributed by atoms with van der Waals surface area (Å²) in [4.78, 5) is 23.9. The monoisotopic (exact) mass is 338 g/mol. The maximum absolute atomic E-state index is 12.1. The summed E-state index contributed by atoms with van der Waals surface area (Å²) < 4.78 is 7.00. The van der Waals surface area contributed by atoms with E-state index in [0.717, 1.165) is 10.8 Å². The van der Waals surface area contributed by atoms with Gasteiger partial charge in [-0.2, -0.15) is 5.10 Å². The van der Waals surface area contributed by atoms with Crippen LogP contribution in [-0.4, -0.2) is 35.2 Å². The molecule has 25 heavy (non-hydrogen) atoms. The van der Waals surface area contributed by atoms with Crippen LogP contribution in [0.3, 0.4) is 0 Å². The zero-order valence-corrected chi connectivity index (χ0v) is 13.9. The molecule has 7 nitrogen and oxygen atoms in total. The second-order valence-corrected chi connectivity index (χ2v) is 5.49. The Hall–Kier alpha value is -3.35. The SMILES string of the molecule is CNC(=O)c1nn(C)cc1NC(=O)COc1ccc2ccccc2c1. The molecule has 0 aliphatic heterocycles. The number of rotatable bonds is 5. The summed E-state index contributed by atoms with van der Waals surface area (Å²) in [6, 6.07) is 13.5. The van der Waals surface area contributed by atoms with Crippen molar-refractivity contribution in [3.63, 3.8) is 0 Å². The van der Waals surface area contributed by atoms with Gasteiger partial charge in [-0.25, -0.2) is 0 Å². The molecule has 2 aromatic carbocycles. The number of amides is 2. The molecular formula is C18H18N4O3. The highest BCUT2D eigenvalue weighted by Gasteiger charge is 2.17. The highest BCUT2D eigenvalue weighted by Crippen LogP contribution is 2.20. The van der Waals surface area contributed by atoms with Crippen molar-refractivity contribution in [3.05, 3.63) is 54.4 Å². The Labute approximate surface area is 144 Å². The van der Waals surface area contributed by atoms with Crippen LogP contribution >= 0.6 is 0 Å². The number of carbonyl (C=O) groups excluding carboxylic acids is 2. The Morgan fingerprint density at radius 1 is 1.16 bits per heavy atom. The van der Waals surface area contributed by atoms with Crippen LogP contribution in [0.1, 0.15) is 10.5 Å². The summed E-state index contributed by atoms with van der Waals surface area (Å²) in [5.41, 5.74) is 0.498. The number of fused-ring (bicyclic) bond motifs is 1. The van der Waals surface area contributed by atoms with Crippen molar-refractivity contribution in [2.45, 2.75) is 0 Å². The van der Waals surface area contributed by atoms with Gasteiger partial charge in [-0.3, -0.25) is 14.3 Å². The number of aryl methyl sites for hydroxylation is 1. The molecule has 0 aliphatic carbocycles. The number of anilines is 1. The Bertz CT molecular complexity index is 933. The third-order valence-corrected chi connectivity index (χ3v) is 3.64. The van der Waals surface area contributed by atoms with Crippen LogP contribution in [0.25, 0.3) is 10.8 Å². The summed E-state index contributed by atoms with van der Waals surface area (Å²) in [5.74, 6) is -0.135. The van der Waals surface area contributed by atoms with Gasteiger partial charge in [-0.15, -0.1) is 0 Å². The highest BCUT2D eigenvalue weighted by molar-refractivity contribution is 6.02. The first-order valence-corrected chi connectivity index (χ1v) is 7.74. The standard InChI is InChI=1S/C18H18N4O3/c1-19-18(24)17-15(10-22(2)21-17)20-16(23)11-25-14-8-7-12-5-3-4-6-13(12)9-14/h3-10H,11H2,1-2H3,(H,19,24)(H,20,23). The minimum atomic E-state index is -0.369. The average Bonchev–Trinajstić information content (AvgIpc) is 2.99. The van der Waals surface area contributed by atoms with E-state index < -0.39 is 0 Å². The zero-order valence-electron chi connectivity index (χ0n) is 13.9. The van der Waals surface area contributed by atoms with Crippen molar-refractivity contribution >= 4 is 28.3 Å². The fourth-order valence-corrected chi connectivity index (χ4v) is 2.46. The first-order chi connectivity index (χ1) is 12.1. The Kier molecular flexibility index (Phi) is 4.65. The average molecular weight is 338 g/mol. The molecule has 0 radical (unpaired) electrons. The number of benzene rings is 2. The van der Waals surface area contributed by atoms with Crippen LogP contribution in [0, 0.1) is 0 Å². The topological polar surface area (TPSA) is 85.3 Å². The molecule has 0 fully saturated rings. The maximum Gasteiger partial charge on any atom is 0.273 e. The number of hydrogen-bond acceptors (Lipinski definition) is 4. The van der Waals surface area contributed by atoms with Gasteiger partial charge < -0.3 is 15.4 Å². The molecule has 0 saturated heterocycles. The van der Waals surface area contributed by atoms with Crippen molar-refractivity contribution < 1.29 is 14.3 Å². The van der Waals surface area contributed by atoms with Crippen LogP contribution in [0.4, 0.5) is 5.69 Å². The van der Waals surface area contributed by atoms with Gasteiger partial charge in [0, 0.05) is 20.3 Å². The molecule has 2 amide bonds. The van der Waals surface area contributed by atoms with Crippen LogP contribution in [0.5, 0.6) is 5.75 Å². The Morgan fingerprint density at radius 2 is 1.92 bits per heavy atom. The predicted molar refractivity (Wildman–Crippen MR) is 94.7 cm³/mol. The number of hydrogen-bond donors (Lipinski definition) is 2. The first-order valence-electron chi connectivity index (χ1n) is 7.74. The molecule has 2 N–H and O–H groups in total. The number of aromatic nitrogens is 2. The lowest BCUT2D eigenvalue weighted by Crippen LogP contribution is -2.24. The van der Waals surface area contributed by atoms with E-state index in [1.54, 1.807) is 13.2 Å². The summed E-state index contributed by atoms with van der Waals surface area (Å²) in [7, 11) is 3.18.